The molecule has 0 atom stereocenters. The number of nitrogens with one attached hydrogen (secondary N) is 2. The smallest absolute Gasteiger partial charge is 0.251 e. The fourth-order valence-electron chi connectivity index (χ4n) is 2.16. The molecule has 0 aliphatic heterocycles. The third-order valence-electron chi connectivity index (χ3n) is 3.52. The number of hydrogen-bond acceptors (Lipinski definition) is 4. The fourth-order valence-corrected chi connectivity index (χ4v) is 3.70. The maximum atomic E-state index is 12.2. The number of rotatable bonds is 8. The van der Waals surface area contributed by atoms with Crippen molar-refractivity contribution in [2.24, 2.45) is 0 Å². The predicted molar refractivity (Wildman–Crippen MR) is 99.9 cm³/mol. The summed E-state index contributed by atoms with van der Waals surface area (Å²) >= 11 is 5.79. The molecule has 0 bridgehead atoms. The summed E-state index contributed by atoms with van der Waals surface area (Å²) < 4.78 is 24.3. The summed E-state index contributed by atoms with van der Waals surface area (Å²) in [4.78, 5) is 23.7. The van der Waals surface area contributed by atoms with Gasteiger partial charge in [0, 0.05) is 30.1 Å². The fraction of sp³-hybridized carbons (Fsp3) is 0.222. The van der Waals surface area contributed by atoms with Gasteiger partial charge in [0.05, 0.1) is 10.6 Å². The topological polar surface area (TPSA) is 92.3 Å². The van der Waals surface area contributed by atoms with Crippen molar-refractivity contribution in [2.75, 3.05) is 18.8 Å². The Hall–Kier alpha value is -2.38. The van der Waals surface area contributed by atoms with Crippen molar-refractivity contribution in [3.63, 3.8) is 0 Å². The summed E-state index contributed by atoms with van der Waals surface area (Å²) in [6.07, 6.45) is -0.165. The van der Waals surface area contributed by atoms with Crippen molar-refractivity contribution in [1.29, 1.82) is 0 Å². The first kappa shape index (κ1) is 19.9. The van der Waals surface area contributed by atoms with Gasteiger partial charge in [0.25, 0.3) is 5.91 Å². The van der Waals surface area contributed by atoms with E-state index in [4.69, 9.17) is 11.6 Å². The molecule has 2 rings (SSSR count). The van der Waals surface area contributed by atoms with Crippen LogP contribution in [-0.4, -0.2) is 39.1 Å². The van der Waals surface area contributed by atoms with Gasteiger partial charge in [0.2, 0.25) is 5.91 Å². The van der Waals surface area contributed by atoms with Crippen LogP contribution in [-0.2, 0) is 14.6 Å². The lowest BCUT2D eigenvalue weighted by atomic mass is 10.2. The van der Waals surface area contributed by atoms with Gasteiger partial charge in [-0.25, -0.2) is 8.42 Å². The van der Waals surface area contributed by atoms with Crippen LogP contribution in [0.3, 0.4) is 0 Å². The van der Waals surface area contributed by atoms with Gasteiger partial charge >= 0.3 is 0 Å². The molecule has 0 heterocycles. The van der Waals surface area contributed by atoms with E-state index in [1.165, 1.54) is 12.1 Å². The van der Waals surface area contributed by atoms with Gasteiger partial charge in [0.1, 0.15) is 0 Å². The molecule has 2 amide bonds. The van der Waals surface area contributed by atoms with E-state index in [1.54, 1.807) is 36.4 Å². The first-order valence-corrected chi connectivity index (χ1v) is 10.00. The summed E-state index contributed by atoms with van der Waals surface area (Å²) in [5, 5.41) is 5.58. The molecule has 0 spiro atoms. The minimum Gasteiger partial charge on any atom is -0.354 e. The summed E-state index contributed by atoms with van der Waals surface area (Å²) in [7, 11) is -3.57. The van der Waals surface area contributed by atoms with Crippen molar-refractivity contribution in [3.8, 4) is 0 Å². The van der Waals surface area contributed by atoms with E-state index < -0.39 is 15.7 Å². The highest BCUT2D eigenvalue weighted by atomic mass is 35.5. The van der Waals surface area contributed by atoms with Crippen molar-refractivity contribution in [2.45, 2.75) is 11.3 Å². The molecule has 6 nitrogen and oxygen atoms in total. The highest BCUT2D eigenvalue weighted by Gasteiger charge is 2.16. The standard InChI is InChI=1S/C18H19ClN2O4S/c19-15-7-4-8-16(13-15)26(24,25)12-9-17(22)20-10-11-21-18(23)14-5-2-1-3-6-14/h1-8,13H,9-12H2,(H,20,22)(H,21,23). The molecule has 0 fully saturated rings. The van der Waals surface area contributed by atoms with Gasteiger partial charge < -0.3 is 10.6 Å². The van der Waals surface area contributed by atoms with E-state index in [0.717, 1.165) is 0 Å². The predicted octanol–water partition coefficient (Wildman–Crippen LogP) is 2.05. The molecule has 0 saturated heterocycles. The van der Waals surface area contributed by atoms with Gasteiger partial charge in [-0.05, 0) is 30.3 Å². The van der Waals surface area contributed by atoms with E-state index in [2.05, 4.69) is 10.6 Å². The zero-order chi connectivity index (χ0) is 19.0. The van der Waals surface area contributed by atoms with E-state index >= 15 is 0 Å². The first-order valence-electron chi connectivity index (χ1n) is 7.97. The summed E-state index contributed by atoms with van der Waals surface area (Å²) in [6.45, 7) is 0.467. The maximum absolute atomic E-state index is 12.2. The minimum atomic E-state index is -3.57. The van der Waals surface area contributed by atoms with Crippen LogP contribution in [0.5, 0.6) is 0 Å². The van der Waals surface area contributed by atoms with Crippen LogP contribution in [0.2, 0.25) is 5.02 Å². The second kappa shape index (κ2) is 9.35. The molecule has 0 radical (unpaired) electrons. The minimum absolute atomic E-state index is 0.0907. The Balaban J connectivity index is 1.71. The number of sulfone groups is 1. The second-order valence-electron chi connectivity index (χ2n) is 5.50. The SMILES string of the molecule is O=C(CCS(=O)(=O)c1cccc(Cl)c1)NCCNC(=O)c1ccccc1. The number of hydrogen-bond donors (Lipinski definition) is 2. The van der Waals surface area contributed by atoms with Crippen LogP contribution in [0.15, 0.2) is 59.5 Å². The Morgan fingerprint density at radius 1 is 0.923 bits per heavy atom. The number of carbonyl (C=O) groups is 2. The lowest BCUT2D eigenvalue weighted by molar-refractivity contribution is -0.120. The molecule has 138 valence electrons. The Labute approximate surface area is 157 Å². The Bertz CT molecular complexity index is 870. The average molecular weight is 395 g/mol. The van der Waals surface area contributed by atoms with Crippen molar-refractivity contribution in [1.82, 2.24) is 10.6 Å². The number of benzene rings is 2. The molecule has 2 aromatic rings. The van der Waals surface area contributed by atoms with E-state index in [0.29, 0.717) is 10.6 Å². The van der Waals surface area contributed by atoms with Crippen LogP contribution in [0.4, 0.5) is 0 Å². The highest BCUT2D eigenvalue weighted by Crippen LogP contribution is 2.17. The molecule has 0 aliphatic rings. The summed E-state index contributed by atoms with van der Waals surface area (Å²) in [6, 6.07) is 14.6. The number of carbonyl (C=O) groups excluding carboxylic acids is 2. The van der Waals surface area contributed by atoms with Crippen LogP contribution in [0.1, 0.15) is 16.8 Å². The largest absolute Gasteiger partial charge is 0.354 e. The molecule has 0 aliphatic carbocycles. The summed E-state index contributed by atoms with van der Waals surface area (Å²) in [5.74, 6) is -0.942. The lowest BCUT2D eigenvalue weighted by Gasteiger charge is -2.08. The monoisotopic (exact) mass is 394 g/mol. The Morgan fingerprint density at radius 3 is 2.31 bits per heavy atom. The van der Waals surface area contributed by atoms with Crippen molar-refractivity contribution in [3.05, 3.63) is 65.2 Å². The van der Waals surface area contributed by atoms with Gasteiger partial charge in [-0.15, -0.1) is 0 Å². The second-order valence-corrected chi connectivity index (χ2v) is 8.04. The van der Waals surface area contributed by atoms with Crippen LogP contribution >= 0.6 is 11.6 Å². The van der Waals surface area contributed by atoms with Crippen molar-refractivity contribution >= 4 is 33.3 Å². The third-order valence-corrected chi connectivity index (χ3v) is 5.47. The Kier molecular flexibility index (Phi) is 7.17. The van der Waals surface area contributed by atoms with E-state index in [1.807, 2.05) is 6.07 Å². The molecular weight excluding hydrogens is 376 g/mol. The molecule has 8 heteroatoms. The van der Waals surface area contributed by atoms with E-state index in [-0.39, 0.29) is 36.1 Å². The molecule has 0 unspecified atom stereocenters. The maximum Gasteiger partial charge on any atom is 0.251 e. The van der Waals surface area contributed by atoms with Gasteiger partial charge in [-0.3, -0.25) is 9.59 Å². The molecule has 26 heavy (non-hydrogen) atoms. The number of amides is 2. The quantitative estimate of drug-likeness (QED) is 0.670. The molecule has 2 aromatic carbocycles. The van der Waals surface area contributed by atoms with Crippen LogP contribution < -0.4 is 10.6 Å². The third kappa shape index (κ3) is 6.16. The zero-order valence-corrected chi connectivity index (χ0v) is 15.5. The lowest BCUT2D eigenvalue weighted by Crippen LogP contribution is -2.35. The van der Waals surface area contributed by atoms with Crippen LogP contribution in [0, 0.1) is 0 Å². The molecular formula is C18H19ClN2O4S. The molecule has 2 N–H and O–H groups in total. The first-order chi connectivity index (χ1) is 12.4. The van der Waals surface area contributed by atoms with Crippen molar-refractivity contribution < 1.29 is 18.0 Å². The summed E-state index contributed by atoms with van der Waals surface area (Å²) in [5.41, 5.74) is 0.534. The Morgan fingerprint density at radius 2 is 1.62 bits per heavy atom. The number of halogens is 1. The van der Waals surface area contributed by atoms with Crippen LogP contribution in [0.25, 0.3) is 0 Å². The van der Waals surface area contributed by atoms with Gasteiger partial charge in [0.15, 0.2) is 9.84 Å². The van der Waals surface area contributed by atoms with E-state index in [9.17, 15) is 18.0 Å². The van der Waals surface area contributed by atoms with Gasteiger partial charge in [-0.1, -0.05) is 35.9 Å². The molecule has 0 saturated carbocycles. The molecule has 0 aromatic heterocycles. The van der Waals surface area contributed by atoms with Gasteiger partial charge in [-0.2, -0.15) is 0 Å². The normalized spacial score (nSPS) is 11.0. The highest BCUT2D eigenvalue weighted by molar-refractivity contribution is 7.91. The zero-order valence-electron chi connectivity index (χ0n) is 13.9. The average Bonchev–Trinajstić information content (AvgIpc) is 2.64.